The number of amides is 3. The van der Waals surface area contributed by atoms with Gasteiger partial charge in [-0.3, -0.25) is 9.69 Å². The third-order valence-electron chi connectivity index (χ3n) is 3.78. The van der Waals surface area contributed by atoms with Crippen molar-refractivity contribution in [3.63, 3.8) is 0 Å². The molecule has 1 unspecified atom stereocenters. The van der Waals surface area contributed by atoms with Gasteiger partial charge in [0.15, 0.2) is 0 Å². The second-order valence-corrected chi connectivity index (χ2v) is 5.02. The highest BCUT2D eigenvalue weighted by Crippen LogP contribution is 2.11. The molecule has 0 aromatic carbocycles. The van der Waals surface area contributed by atoms with Crippen molar-refractivity contribution in [1.82, 2.24) is 20.4 Å². The van der Waals surface area contributed by atoms with Gasteiger partial charge >= 0.3 is 6.03 Å². The maximum Gasteiger partial charge on any atom is 0.324 e. The molecule has 110 valence electrons. The van der Waals surface area contributed by atoms with Gasteiger partial charge in [-0.1, -0.05) is 0 Å². The van der Waals surface area contributed by atoms with Crippen LogP contribution in [0.1, 0.15) is 19.3 Å². The predicted octanol–water partition coefficient (Wildman–Crippen LogP) is 0.0339. The van der Waals surface area contributed by atoms with E-state index in [4.69, 9.17) is 0 Å². The first-order valence-electron chi connectivity index (χ1n) is 6.67. The van der Waals surface area contributed by atoms with Crippen LogP contribution in [-0.2, 0) is 4.79 Å². The van der Waals surface area contributed by atoms with Gasteiger partial charge in [-0.15, -0.1) is 12.4 Å². The summed E-state index contributed by atoms with van der Waals surface area (Å²) in [5, 5.41) is 5.93. The second kappa shape index (κ2) is 7.67. The minimum atomic E-state index is -0.254. The predicted molar refractivity (Wildman–Crippen MR) is 75.5 cm³/mol. The number of hydrogen-bond acceptors (Lipinski definition) is 4. The molecular weight excluding hydrogens is 268 g/mol. The first-order valence-corrected chi connectivity index (χ1v) is 6.67. The van der Waals surface area contributed by atoms with Crippen LogP contribution in [0.25, 0.3) is 0 Å². The van der Waals surface area contributed by atoms with Crippen LogP contribution in [0, 0.1) is 0 Å². The number of carbonyl (C=O) groups excluding carboxylic acids is 2. The Morgan fingerprint density at radius 3 is 2.79 bits per heavy atom. The van der Waals surface area contributed by atoms with Gasteiger partial charge in [0.2, 0.25) is 5.91 Å². The molecule has 0 radical (unpaired) electrons. The SMILES string of the molecule is CN(CCN1C(=O)CNC1=O)C1CCCNCC1.Cl. The number of rotatable bonds is 4. The monoisotopic (exact) mass is 290 g/mol. The zero-order chi connectivity index (χ0) is 13.0. The Kier molecular flexibility index (Phi) is 6.54. The molecule has 2 heterocycles. The summed E-state index contributed by atoms with van der Waals surface area (Å²) in [6.45, 7) is 3.54. The minimum Gasteiger partial charge on any atom is -0.329 e. The normalized spacial score (nSPS) is 24.1. The number of hydrogen-bond donors (Lipinski definition) is 2. The summed E-state index contributed by atoms with van der Waals surface area (Å²) < 4.78 is 0. The van der Waals surface area contributed by atoms with Crippen LogP contribution in [-0.4, -0.2) is 67.6 Å². The molecule has 2 rings (SSSR count). The molecule has 2 aliphatic heterocycles. The van der Waals surface area contributed by atoms with Gasteiger partial charge in [-0.25, -0.2) is 4.79 Å². The van der Waals surface area contributed by atoms with E-state index in [1.807, 2.05) is 0 Å². The average molecular weight is 291 g/mol. The van der Waals surface area contributed by atoms with Crippen molar-refractivity contribution in [3.8, 4) is 0 Å². The summed E-state index contributed by atoms with van der Waals surface area (Å²) >= 11 is 0. The molecule has 0 aliphatic carbocycles. The third kappa shape index (κ3) is 4.33. The molecule has 0 bridgehead atoms. The highest BCUT2D eigenvalue weighted by atomic mass is 35.5. The van der Waals surface area contributed by atoms with Crippen molar-refractivity contribution in [1.29, 1.82) is 0 Å². The highest BCUT2D eigenvalue weighted by molar-refractivity contribution is 6.01. The van der Waals surface area contributed by atoms with Crippen molar-refractivity contribution in [3.05, 3.63) is 0 Å². The molecule has 0 aromatic heterocycles. The molecule has 2 N–H and O–H groups in total. The third-order valence-corrected chi connectivity index (χ3v) is 3.78. The van der Waals surface area contributed by atoms with E-state index in [2.05, 4.69) is 22.6 Å². The van der Waals surface area contributed by atoms with Gasteiger partial charge in [0.05, 0.1) is 6.54 Å². The molecule has 7 heteroatoms. The molecular formula is C12H23ClN4O2. The smallest absolute Gasteiger partial charge is 0.324 e. The molecule has 0 saturated carbocycles. The van der Waals surface area contributed by atoms with E-state index in [0.717, 1.165) is 26.1 Å². The number of carbonyl (C=O) groups is 2. The number of nitrogens with zero attached hydrogens (tertiary/aromatic N) is 2. The Labute approximate surface area is 120 Å². The van der Waals surface area contributed by atoms with Crippen LogP contribution in [0.2, 0.25) is 0 Å². The van der Waals surface area contributed by atoms with E-state index in [9.17, 15) is 9.59 Å². The van der Waals surface area contributed by atoms with Crippen LogP contribution in [0.15, 0.2) is 0 Å². The summed E-state index contributed by atoms with van der Waals surface area (Å²) in [5.41, 5.74) is 0. The lowest BCUT2D eigenvalue weighted by molar-refractivity contribution is -0.125. The Bertz CT molecular complexity index is 303. The van der Waals surface area contributed by atoms with E-state index in [-0.39, 0.29) is 30.9 Å². The maximum absolute atomic E-state index is 11.4. The van der Waals surface area contributed by atoms with E-state index in [0.29, 0.717) is 12.6 Å². The van der Waals surface area contributed by atoms with Crippen molar-refractivity contribution < 1.29 is 9.59 Å². The van der Waals surface area contributed by atoms with Gasteiger partial charge in [0.1, 0.15) is 0 Å². The Balaban J connectivity index is 0.00000180. The molecule has 0 spiro atoms. The van der Waals surface area contributed by atoms with Gasteiger partial charge in [-0.05, 0) is 39.4 Å². The Morgan fingerprint density at radius 1 is 1.32 bits per heavy atom. The average Bonchev–Trinajstić information content (AvgIpc) is 2.61. The van der Waals surface area contributed by atoms with Crippen molar-refractivity contribution in [2.24, 2.45) is 0 Å². The van der Waals surface area contributed by atoms with Crippen molar-refractivity contribution in [2.45, 2.75) is 25.3 Å². The lowest BCUT2D eigenvalue weighted by Crippen LogP contribution is -2.41. The molecule has 2 saturated heterocycles. The fourth-order valence-corrected chi connectivity index (χ4v) is 2.56. The standard InChI is InChI=1S/C12H22N4O2.ClH/c1-15(10-3-2-5-13-6-4-10)7-8-16-11(17)9-14-12(16)18;/h10,13H,2-9H2,1H3,(H,14,18);1H. The number of urea groups is 1. The topological polar surface area (TPSA) is 64.7 Å². The van der Waals surface area contributed by atoms with Crippen molar-refractivity contribution in [2.75, 3.05) is 39.8 Å². The number of nitrogens with one attached hydrogen (secondary N) is 2. The first kappa shape index (κ1) is 16.2. The van der Waals surface area contributed by atoms with Crippen LogP contribution in [0.5, 0.6) is 0 Å². The van der Waals surface area contributed by atoms with E-state index in [1.165, 1.54) is 17.7 Å². The first-order chi connectivity index (χ1) is 8.68. The van der Waals surface area contributed by atoms with Gasteiger partial charge < -0.3 is 15.5 Å². The quantitative estimate of drug-likeness (QED) is 0.717. The molecule has 2 fully saturated rings. The summed E-state index contributed by atoms with van der Waals surface area (Å²) in [7, 11) is 2.08. The molecule has 2 aliphatic rings. The summed E-state index contributed by atoms with van der Waals surface area (Å²) in [6, 6.07) is 0.302. The Hall–Kier alpha value is -0.850. The number of imide groups is 1. The second-order valence-electron chi connectivity index (χ2n) is 5.02. The van der Waals surface area contributed by atoms with Crippen LogP contribution in [0.3, 0.4) is 0 Å². The van der Waals surface area contributed by atoms with E-state index < -0.39 is 0 Å². The number of likely N-dealkylation sites (N-methyl/N-ethyl adjacent to an activating group) is 1. The molecule has 3 amide bonds. The lowest BCUT2D eigenvalue weighted by atomic mass is 10.1. The van der Waals surface area contributed by atoms with Crippen molar-refractivity contribution >= 4 is 24.3 Å². The summed E-state index contributed by atoms with van der Waals surface area (Å²) in [5.74, 6) is -0.115. The van der Waals surface area contributed by atoms with Crippen LogP contribution in [0.4, 0.5) is 4.79 Å². The zero-order valence-electron chi connectivity index (χ0n) is 11.4. The van der Waals surface area contributed by atoms with Crippen LogP contribution < -0.4 is 10.6 Å². The zero-order valence-corrected chi connectivity index (χ0v) is 12.2. The summed E-state index contributed by atoms with van der Waals surface area (Å²) in [4.78, 5) is 26.4. The highest BCUT2D eigenvalue weighted by Gasteiger charge is 2.28. The molecule has 1 atom stereocenters. The lowest BCUT2D eigenvalue weighted by Gasteiger charge is -2.28. The van der Waals surface area contributed by atoms with Gasteiger partial charge in [0.25, 0.3) is 0 Å². The van der Waals surface area contributed by atoms with Crippen LogP contribution >= 0.6 is 12.4 Å². The van der Waals surface area contributed by atoms with Gasteiger partial charge in [0, 0.05) is 19.1 Å². The molecule has 19 heavy (non-hydrogen) atoms. The fraction of sp³-hybridized carbons (Fsp3) is 0.833. The largest absolute Gasteiger partial charge is 0.329 e. The molecule has 0 aromatic rings. The minimum absolute atomic E-state index is 0. The van der Waals surface area contributed by atoms with E-state index >= 15 is 0 Å². The number of halogens is 1. The summed E-state index contributed by atoms with van der Waals surface area (Å²) in [6.07, 6.45) is 3.51. The Morgan fingerprint density at radius 2 is 2.11 bits per heavy atom. The maximum atomic E-state index is 11.4. The fourth-order valence-electron chi connectivity index (χ4n) is 2.56. The van der Waals surface area contributed by atoms with Gasteiger partial charge in [-0.2, -0.15) is 0 Å². The van der Waals surface area contributed by atoms with E-state index in [1.54, 1.807) is 0 Å². The molecule has 6 nitrogen and oxygen atoms in total.